The highest BCUT2D eigenvalue weighted by atomic mass is 15.2. The zero-order chi connectivity index (χ0) is 19.5. The normalized spacial score (nSPS) is 23.6. The van der Waals surface area contributed by atoms with Crippen molar-refractivity contribution in [1.82, 2.24) is 10.2 Å². The number of likely N-dealkylation sites (tertiary alicyclic amines) is 1. The second-order valence-electron chi connectivity index (χ2n) is 10.0. The third-order valence-electron chi connectivity index (χ3n) is 5.76. The minimum atomic E-state index is 0.0973. The summed E-state index contributed by atoms with van der Waals surface area (Å²) < 4.78 is 0. The van der Waals surface area contributed by atoms with Crippen LogP contribution in [0.3, 0.4) is 0 Å². The first-order chi connectivity index (χ1) is 12.0. The summed E-state index contributed by atoms with van der Waals surface area (Å²) in [5.74, 6) is 0.676. The molecule has 0 aromatic heterocycles. The maximum absolute atomic E-state index is 4.35. The van der Waals surface area contributed by atoms with Crippen molar-refractivity contribution in [2.45, 2.75) is 79.2 Å². The van der Waals surface area contributed by atoms with Crippen molar-refractivity contribution >= 4 is 0 Å². The summed E-state index contributed by atoms with van der Waals surface area (Å²) in [6.07, 6.45) is 10.7. The van der Waals surface area contributed by atoms with E-state index in [9.17, 15) is 0 Å². The van der Waals surface area contributed by atoms with E-state index in [2.05, 4.69) is 77.1 Å². The Morgan fingerprint density at radius 2 is 2.00 bits per heavy atom. The highest BCUT2D eigenvalue weighted by Crippen LogP contribution is 2.41. The molecule has 0 bridgehead atoms. The molecule has 1 N–H and O–H groups in total. The van der Waals surface area contributed by atoms with Gasteiger partial charge in [0.25, 0.3) is 0 Å². The Morgan fingerprint density at radius 1 is 1.31 bits per heavy atom. The van der Waals surface area contributed by atoms with E-state index in [4.69, 9.17) is 0 Å². The molecule has 0 radical (unpaired) electrons. The lowest BCUT2D eigenvalue weighted by Gasteiger charge is -2.33. The molecule has 0 amide bonds. The molecule has 0 spiro atoms. The summed E-state index contributed by atoms with van der Waals surface area (Å²) >= 11 is 0. The van der Waals surface area contributed by atoms with Crippen LogP contribution in [-0.4, -0.2) is 23.5 Å². The SMILES string of the molecule is C=C(CC1CCN(C(=C)/C=C/C2=C(C)CCCC2(C)C)C1)NC(C)(C)C. The van der Waals surface area contributed by atoms with Gasteiger partial charge in [0.15, 0.2) is 0 Å². The summed E-state index contributed by atoms with van der Waals surface area (Å²) in [4.78, 5) is 2.44. The second-order valence-corrected chi connectivity index (χ2v) is 10.0. The standard InChI is InChI=1S/C24H40N2/c1-18-10-9-14-24(7,8)22(18)12-11-20(3)26-15-13-21(17-26)16-19(2)25-23(4,5)6/h11-12,21,25H,2-3,9-10,13-17H2,1,4-8H3/b12-11+. The minimum absolute atomic E-state index is 0.0973. The molecule has 1 atom stereocenters. The largest absolute Gasteiger partial charge is 0.384 e. The van der Waals surface area contributed by atoms with E-state index >= 15 is 0 Å². The number of nitrogens with zero attached hydrogens (tertiary/aromatic N) is 1. The van der Waals surface area contributed by atoms with Gasteiger partial charge in [0.1, 0.15) is 0 Å². The van der Waals surface area contributed by atoms with E-state index in [0.717, 1.165) is 30.9 Å². The van der Waals surface area contributed by atoms with Crippen LogP contribution in [0.2, 0.25) is 0 Å². The minimum Gasteiger partial charge on any atom is -0.384 e. The predicted molar refractivity (Wildman–Crippen MR) is 115 cm³/mol. The lowest BCUT2D eigenvalue weighted by molar-refractivity contribution is 0.376. The fourth-order valence-electron chi connectivity index (χ4n) is 4.49. The predicted octanol–water partition coefficient (Wildman–Crippen LogP) is 6.20. The Kier molecular flexibility index (Phi) is 6.47. The first kappa shape index (κ1) is 20.9. The van der Waals surface area contributed by atoms with Gasteiger partial charge in [-0.1, -0.05) is 38.7 Å². The highest BCUT2D eigenvalue weighted by Gasteiger charge is 2.27. The monoisotopic (exact) mass is 356 g/mol. The molecule has 0 aromatic carbocycles. The third-order valence-corrected chi connectivity index (χ3v) is 5.76. The van der Waals surface area contributed by atoms with Crippen LogP contribution in [0, 0.1) is 11.3 Å². The van der Waals surface area contributed by atoms with E-state index < -0.39 is 0 Å². The van der Waals surface area contributed by atoms with Gasteiger partial charge in [-0.15, -0.1) is 0 Å². The van der Waals surface area contributed by atoms with Crippen LogP contribution in [0.25, 0.3) is 0 Å². The molecule has 1 aliphatic heterocycles. The van der Waals surface area contributed by atoms with Gasteiger partial charge >= 0.3 is 0 Å². The van der Waals surface area contributed by atoms with Crippen molar-refractivity contribution in [2.24, 2.45) is 11.3 Å². The molecular weight excluding hydrogens is 316 g/mol. The van der Waals surface area contributed by atoms with Gasteiger partial charge in [0.05, 0.1) is 0 Å². The number of hydrogen-bond acceptors (Lipinski definition) is 2. The Balaban J connectivity index is 1.90. The van der Waals surface area contributed by atoms with Crippen molar-refractivity contribution in [1.29, 1.82) is 0 Å². The summed E-state index contributed by atoms with van der Waals surface area (Å²) in [7, 11) is 0. The van der Waals surface area contributed by atoms with Crippen LogP contribution in [0.1, 0.15) is 73.6 Å². The smallest absolute Gasteiger partial charge is 0.0293 e. The van der Waals surface area contributed by atoms with E-state index in [-0.39, 0.29) is 5.54 Å². The van der Waals surface area contributed by atoms with Crippen LogP contribution in [-0.2, 0) is 0 Å². The van der Waals surface area contributed by atoms with Gasteiger partial charge in [-0.3, -0.25) is 0 Å². The first-order valence-electron chi connectivity index (χ1n) is 10.3. The van der Waals surface area contributed by atoms with Crippen molar-refractivity contribution in [3.05, 3.63) is 47.9 Å². The molecular formula is C24H40N2. The van der Waals surface area contributed by atoms with Gasteiger partial charge in [-0.25, -0.2) is 0 Å². The number of allylic oxidation sites excluding steroid dienone is 5. The molecule has 2 heteroatoms. The topological polar surface area (TPSA) is 15.3 Å². The van der Waals surface area contributed by atoms with Crippen LogP contribution < -0.4 is 5.32 Å². The van der Waals surface area contributed by atoms with Gasteiger partial charge in [-0.05, 0) is 82.8 Å². The summed E-state index contributed by atoms with van der Waals surface area (Å²) in [5, 5.41) is 3.52. The zero-order valence-corrected chi connectivity index (χ0v) is 18.0. The molecule has 1 heterocycles. The first-order valence-corrected chi connectivity index (χ1v) is 10.3. The van der Waals surface area contributed by atoms with Crippen LogP contribution in [0.4, 0.5) is 0 Å². The molecule has 1 saturated heterocycles. The number of nitrogens with one attached hydrogen (secondary N) is 1. The second kappa shape index (κ2) is 8.06. The van der Waals surface area contributed by atoms with Gasteiger partial charge in [0, 0.05) is 30.0 Å². The molecule has 1 unspecified atom stereocenters. The Bertz CT molecular complexity index is 598. The Hall–Kier alpha value is -1.44. The van der Waals surface area contributed by atoms with Crippen molar-refractivity contribution in [3.63, 3.8) is 0 Å². The van der Waals surface area contributed by atoms with Crippen LogP contribution >= 0.6 is 0 Å². The maximum Gasteiger partial charge on any atom is 0.0293 e. The number of rotatable bonds is 6. The lowest BCUT2D eigenvalue weighted by Crippen LogP contribution is -2.35. The fraction of sp³-hybridized carbons (Fsp3) is 0.667. The summed E-state index contributed by atoms with van der Waals surface area (Å²) in [6, 6.07) is 0. The lowest BCUT2D eigenvalue weighted by atomic mass is 9.72. The highest BCUT2D eigenvalue weighted by molar-refractivity contribution is 5.35. The Labute approximate surface area is 162 Å². The van der Waals surface area contributed by atoms with Crippen LogP contribution in [0.15, 0.2) is 47.9 Å². The van der Waals surface area contributed by atoms with Gasteiger partial charge < -0.3 is 10.2 Å². The van der Waals surface area contributed by atoms with Crippen molar-refractivity contribution in [3.8, 4) is 0 Å². The summed E-state index contributed by atoms with van der Waals surface area (Å²) in [5.41, 5.74) is 5.78. The molecule has 26 heavy (non-hydrogen) atoms. The molecule has 1 aliphatic carbocycles. The Morgan fingerprint density at radius 3 is 2.62 bits per heavy atom. The van der Waals surface area contributed by atoms with Gasteiger partial charge in [0.2, 0.25) is 0 Å². The van der Waals surface area contributed by atoms with Crippen LogP contribution in [0.5, 0.6) is 0 Å². The average molecular weight is 357 g/mol. The fourth-order valence-corrected chi connectivity index (χ4v) is 4.49. The van der Waals surface area contributed by atoms with Crippen molar-refractivity contribution < 1.29 is 0 Å². The molecule has 2 rings (SSSR count). The molecule has 0 saturated carbocycles. The molecule has 1 fully saturated rings. The average Bonchev–Trinajstić information content (AvgIpc) is 2.92. The van der Waals surface area contributed by atoms with E-state index in [1.165, 1.54) is 31.3 Å². The van der Waals surface area contributed by atoms with E-state index in [0.29, 0.717) is 11.3 Å². The van der Waals surface area contributed by atoms with E-state index in [1.807, 2.05) is 0 Å². The third kappa shape index (κ3) is 5.79. The van der Waals surface area contributed by atoms with Crippen molar-refractivity contribution in [2.75, 3.05) is 13.1 Å². The molecule has 2 aliphatic rings. The zero-order valence-electron chi connectivity index (χ0n) is 18.0. The van der Waals surface area contributed by atoms with Gasteiger partial charge in [-0.2, -0.15) is 0 Å². The van der Waals surface area contributed by atoms with E-state index in [1.54, 1.807) is 5.57 Å². The maximum atomic E-state index is 4.35. The molecule has 146 valence electrons. The number of hydrogen-bond donors (Lipinski definition) is 1. The summed E-state index contributed by atoms with van der Waals surface area (Å²) in [6.45, 7) is 24.4. The molecule has 2 nitrogen and oxygen atoms in total. The molecule has 0 aromatic rings. The quantitative estimate of drug-likeness (QED) is 0.570.